The van der Waals surface area contributed by atoms with Gasteiger partial charge in [-0.2, -0.15) is 5.10 Å². The van der Waals surface area contributed by atoms with Crippen molar-refractivity contribution < 1.29 is 9.90 Å². The Kier molecular flexibility index (Phi) is 3.42. The molecule has 19 heavy (non-hydrogen) atoms. The monoisotopic (exact) mass is 258 g/mol. The topological polar surface area (TPSA) is 55.1 Å². The molecule has 1 aromatic heterocycles. The lowest BCUT2D eigenvalue weighted by atomic mass is 9.94. The molecular formula is C15H18N2O2. The Balaban J connectivity index is 2.59. The number of hydrogen-bond donors (Lipinski definition) is 1. The number of rotatable bonds is 3. The quantitative estimate of drug-likeness (QED) is 0.920. The minimum atomic E-state index is -0.860. The Hall–Kier alpha value is -2.10. The molecule has 4 nitrogen and oxygen atoms in total. The normalized spacial score (nSPS) is 10.7. The molecule has 0 aliphatic heterocycles. The average molecular weight is 258 g/mol. The molecule has 1 aromatic carbocycles. The van der Waals surface area contributed by atoms with Crippen molar-refractivity contribution in [3.63, 3.8) is 0 Å². The fourth-order valence-corrected chi connectivity index (χ4v) is 2.28. The van der Waals surface area contributed by atoms with Crippen LogP contribution < -0.4 is 0 Å². The Morgan fingerprint density at radius 1 is 1.21 bits per heavy atom. The third kappa shape index (κ3) is 2.52. The van der Waals surface area contributed by atoms with Crippen molar-refractivity contribution in [3.8, 4) is 11.1 Å². The number of carbonyl (C=O) groups is 1. The van der Waals surface area contributed by atoms with Gasteiger partial charge in [0.2, 0.25) is 0 Å². The first-order valence-electron chi connectivity index (χ1n) is 6.21. The first kappa shape index (κ1) is 13.3. The van der Waals surface area contributed by atoms with E-state index in [0.717, 1.165) is 11.1 Å². The minimum Gasteiger partial charge on any atom is -0.481 e. The lowest BCUT2D eigenvalue weighted by molar-refractivity contribution is -0.136. The average Bonchev–Trinajstić information content (AvgIpc) is 2.66. The molecule has 0 aliphatic rings. The van der Waals surface area contributed by atoms with Gasteiger partial charge in [-0.25, -0.2) is 0 Å². The molecule has 0 amide bonds. The third-order valence-corrected chi connectivity index (χ3v) is 3.57. The van der Waals surface area contributed by atoms with E-state index in [0.29, 0.717) is 5.69 Å². The molecule has 0 saturated carbocycles. The number of aromatic nitrogens is 2. The lowest BCUT2D eigenvalue weighted by Gasteiger charge is -2.10. The zero-order valence-electron chi connectivity index (χ0n) is 11.7. The van der Waals surface area contributed by atoms with E-state index in [1.807, 2.05) is 19.3 Å². The second kappa shape index (κ2) is 4.88. The summed E-state index contributed by atoms with van der Waals surface area (Å²) in [5.74, 6) is -0.860. The number of aliphatic carboxylic acids is 1. The molecule has 0 unspecified atom stereocenters. The van der Waals surface area contributed by atoms with E-state index in [1.54, 1.807) is 4.68 Å². The molecular weight excluding hydrogens is 240 g/mol. The second-order valence-electron chi connectivity index (χ2n) is 4.91. The zero-order valence-corrected chi connectivity index (χ0v) is 11.7. The number of aryl methyl sites for hydroxylation is 2. The second-order valence-corrected chi connectivity index (χ2v) is 4.91. The maximum Gasteiger partial charge on any atom is 0.309 e. The lowest BCUT2D eigenvalue weighted by Crippen LogP contribution is -2.03. The zero-order chi connectivity index (χ0) is 14.2. The molecule has 4 heteroatoms. The van der Waals surface area contributed by atoms with Crippen LogP contribution in [0.1, 0.15) is 22.4 Å². The Bertz CT molecular complexity index is 642. The maximum atomic E-state index is 10.9. The van der Waals surface area contributed by atoms with Crippen molar-refractivity contribution in [3.05, 3.63) is 40.7 Å². The summed E-state index contributed by atoms with van der Waals surface area (Å²) in [7, 11) is 1.81. The first-order chi connectivity index (χ1) is 8.90. The van der Waals surface area contributed by atoms with Gasteiger partial charge in [-0.3, -0.25) is 9.48 Å². The van der Waals surface area contributed by atoms with Crippen molar-refractivity contribution in [1.29, 1.82) is 0 Å². The predicted octanol–water partition coefficient (Wildman–Crippen LogP) is 2.64. The van der Waals surface area contributed by atoms with Crippen LogP contribution in [0.25, 0.3) is 11.1 Å². The number of hydrogen-bond acceptors (Lipinski definition) is 2. The molecule has 0 bridgehead atoms. The van der Waals surface area contributed by atoms with E-state index in [1.165, 1.54) is 16.7 Å². The van der Waals surface area contributed by atoms with Crippen molar-refractivity contribution in [2.75, 3.05) is 0 Å². The van der Waals surface area contributed by atoms with Crippen LogP contribution in [0.2, 0.25) is 0 Å². The van der Waals surface area contributed by atoms with E-state index in [9.17, 15) is 4.79 Å². The van der Waals surface area contributed by atoms with Crippen molar-refractivity contribution in [2.24, 2.45) is 7.05 Å². The highest BCUT2D eigenvalue weighted by Gasteiger charge is 2.15. The van der Waals surface area contributed by atoms with Gasteiger partial charge >= 0.3 is 5.97 Å². The molecule has 0 spiro atoms. The summed E-state index contributed by atoms with van der Waals surface area (Å²) in [4.78, 5) is 10.9. The van der Waals surface area contributed by atoms with Gasteiger partial charge in [0.25, 0.3) is 0 Å². The molecule has 1 heterocycles. The molecule has 2 aromatic rings. The van der Waals surface area contributed by atoms with Crippen LogP contribution in [-0.2, 0) is 18.3 Å². The van der Waals surface area contributed by atoms with Crippen LogP contribution in [0, 0.1) is 20.8 Å². The van der Waals surface area contributed by atoms with Crippen LogP contribution in [-0.4, -0.2) is 20.9 Å². The summed E-state index contributed by atoms with van der Waals surface area (Å²) < 4.78 is 1.67. The van der Waals surface area contributed by atoms with Gasteiger partial charge in [0.1, 0.15) is 0 Å². The van der Waals surface area contributed by atoms with Gasteiger partial charge in [-0.1, -0.05) is 12.1 Å². The third-order valence-electron chi connectivity index (χ3n) is 3.57. The van der Waals surface area contributed by atoms with Crippen LogP contribution in [0.15, 0.2) is 18.3 Å². The largest absolute Gasteiger partial charge is 0.481 e. The molecule has 0 saturated heterocycles. The van der Waals surface area contributed by atoms with E-state index < -0.39 is 5.97 Å². The van der Waals surface area contributed by atoms with Gasteiger partial charge in [0, 0.05) is 18.8 Å². The summed E-state index contributed by atoms with van der Waals surface area (Å²) in [6.45, 7) is 6.23. The standard InChI is InChI=1S/C15H18N2O2/c1-9-5-6-12(11(3)10(9)2)13-8-17(4)16-14(13)7-15(18)19/h5-6,8H,7H2,1-4H3,(H,18,19). The number of nitrogens with zero attached hydrogens (tertiary/aromatic N) is 2. The van der Waals surface area contributed by atoms with Crippen LogP contribution in [0.4, 0.5) is 0 Å². The Morgan fingerprint density at radius 3 is 2.53 bits per heavy atom. The summed E-state index contributed by atoms with van der Waals surface area (Å²) in [6.07, 6.45) is 1.83. The molecule has 1 N–H and O–H groups in total. The van der Waals surface area contributed by atoms with Crippen molar-refractivity contribution in [1.82, 2.24) is 9.78 Å². The van der Waals surface area contributed by atoms with E-state index in [-0.39, 0.29) is 6.42 Å². The number of benzene rings is 1. The van der Waals surface area contributed by atoms with Gasteiger partial charge in [-0.15, -0.1) is 0 Å². The molecule has 0 aliphatic carbocycles. The minimum absolute atomic E-state index is 0.0530. The van der Waals surface area contributed by atoms with Crippen molar-refractivity contribution >= 4 is 5.97 Å². The Labute approximate surface area is 112 Å². The fraction of sp³-hybridized carbons (Fsp3) is 0.333. The molecule has 0 atom stereocenters. The van der Waals surface area contributed by atoms with Gasteiger partial charge in [-0.05, 0) is 43.0 Å². The molecule has 2 rings (SSSR count). The summed E-state index contributed by atoms with van der Waals surface area (Å²) in [6, 6.07) is 4.11. The van der Waals surface area contributed by atoms with E-state index in [2.05, 4.69) is 31.9 Å². The molecule has 100 valence electrons. The summed E-state index contributed by atoms with van der Waals surface area (Å²) in [5.41, 5.74) is 6.24. The highest BCUT2D eigenvalue weighted by Crippen LogP contribution is 2.29. The van der Waals surface area contributed by atoms with Crippen LogP contribution in [0.5, 0.6) is 0 Å². The van der Waals surface area contributed by atoms with Crippen LogP contribution >= 0.6 is 0 Å². The van der Waals surface area contributed by atoms with Gasteiger partial charge in [0.05, 0.1) is 12.1 Å². The first-order valence-corrected chi connectivity index (χ1v) is 6.21. The Morgan fingerprint density at radius 2 is 1.89 bits per heavy atom. The number of carboxylic acid groups (broad SMARTS) is 1. The fourth-order valence-electron chi connectivity index (χ4n) is 2.28. The smallest absolute Gasteiger partial charge is 0.309 e. The van der Waals surface area contributed by atoms with Crippen LogP contribution in [0.3, 0.4) is 0 Å². The van der Waals surface area contributed by atoms with Crippen molar-refractivity contribution in [2.45, 2.75) is 27.2 Å². The predicted molar refractivity (Wildman–Crippen MR) is 74.2 cm³/mol. The van der Waals surface area contributed by atoms with Gasteiger partial charge < -0.3 is 5.11 Å². The summed E-state index contributed by atoms with van der Waals surface area (Å²) in [5, 5.41) is 13.2. The SMILES string of the molecule is Cc1ccc(-c2cn(C)nc2CC(=O)O)c(C)c1C. The number of carboxylic acids is 1. The highest BCUT2D eigenvalue weighted by atomic mass is 16.4. The highest BCUT2D eigenvalue weighted by molar-refractivity contribution is 5.77. The van der Waals surface area contributed by atoms with Gasteiger partial charge in [0.15, 0.2) is 0 Å². The van der Waals surface area contributed by atoms with E-state index in [4.69, 9.17) is 5.11 Å². The molecule has 0 fully saturated rings. The maximum absolute atomic E-state index is 10.9. The molecule has 0 radical (unpaired) electrons. The van der Waals surface area contributed by atoms with E-state index >= 15 is 0 Å². The summed E-state index contributed by atoms with van der Waals surface area (Å²) >= 11 is 0.